The fourth-order valence-electron chi connectivity index (χ4n) is 0. The first-order valence-electron chi connectivity index (χ1n) is 5.02. The third kappa shape index (κ3) is 104. The van der Waals surface area contributed by atoms with Gasteiger partial charge in [-0.1, -0.05) is 0 Å². The number of nitrogens with two attached hydrogens (primary N) is 8. The van der Waals surface area contributed by atoms with Gasteiger partial charge in [0.05, 0.1) is 26.2 Å². The SMILES string of the molecule is NCC(N)=O.NCC(N)=O.NCC(N)=O.NCC(N)=O. The van der Waals surface area contributed by atoms with Crippen molar-refractivity contribution >= 4 is 23.6 Å². The molecule has 20 heavy (non-hydrogen) atoms. The summed E-state index contributed by atoms with van der Waals surface area (Å²) in [5, 5.41) is 0. The lowest BCUT2D eigenvalue weighted by atomic mass is 10.7. The minimum absolute atomic E-state index is 0.0556. The number of primary amides is 4. The summed E-state index contributed by atoms with van der Waals surface area (Å²) >= 11 is 0. The average molecular weight is 296 g/mol. The summed E-state index contributed by atoms with van der Waals surface area (Å²) in [5.41, 5.74) is 36.9. The Bertz CT molecular complexity index is 228. The van der Waals surface area contributed by atoms with Crippen molar-refractivity contribution < 1.29 is 19.2 Å². The molecule has 12 nitrogen and oxygen atoms in total. The fourth-order valence-corrected chi connectivity index (χ4v) is 0. The lowest BCUT2D eigenvalue weighted by Gasteiger charge is -1.74. The first-order chi connectivity index (χ1) is 9.08. The van der Waals surface area contributed by atoms with Gasteiger partial charge in [0.15, 0.2) is 0 Å². The minimum Gasteiger partial charge on any atom is -0.369 e. The summed E-state index contributed by atoms with van der Waals surface area (Å²) in [6, 6.07) is 0. The predicted octanol–water partition coefficient (Wildman–Crippen LogP) is -6.28. The Labute approximate surface area is 116 Å². The zero-order valence-corrected chi connectivity index (χ0v) is 11.1. The van der Waals surface area contributed by atoms with Crippen molar-refractivity contribution in [1.82, 2.24) is 0 Å². The van der Waals surface area contributed by atoms with Crippen LogP contribution in [0.25, 0.3) is 0 Å². The number of carbonyl (C=O) groups is 4. The van der Waals surface area contributed by atoms with E-state index in [-0.39, 0.29) is 26.2 Å². The van der Waals surface area contributed by atoms with E-state index in [9.17, 15) is 19.2 Å². The van der Waals surface area contributed by atoms with Crippen molar-refractivity contribution in [2.75, 3.05) is 26.2 Å². The molecule has 0 spiro atoms. The second-order valence-electron chi connectivity index (χ2n) is 2.68. The Morgan fingerprint density at radius 1 is 0.450 bits per heavy atom. The maximum atomic E-state index is 9.47. The maximum Gasteiger partial charge on any atom is 0.231 e. The maximum absolute atomic E-state index is 9.47. The van der Waals surface area contributed by atoms with Crippen molar-refractivity contribution in [3.63, 3.8) is 0 Å². The van der Waals surface area contributed by atoms with E-state index < -0.39 is 23.6 Å². The van der Waals surface area contributed by atoms with Gasteiger partial charge in [-0.15, -0.1) is 0 Å². The van der Waals surface area contributed by atoms with Gasteiger partial charge >= 0.3 is 0 Å². The standard InChI is InChI=1S/4C2H6N2O/c4*3-1-2(4)5/h4*1,3H2,(H2,4,5). The van der Waals surface area contributed by atoms with Crippen LogP contribution >= 0.6 is 0 Å². The van der Waals surface area contributed by atoms with Crippen molar-refractivity contribution in [2.45, 2.75) is 0 Å². The highest BCUT2D eigenvalue weighted by molar-refractivity contribution is 5.76. The number of hydrogen-bond acceptors (Lipinski definition) is 8. The molecule has 0 saturated carbocycles. The van der Waals surface area contributed by atoms with Crippen LogP contribution in [0.5, 0.6) is 0 Å². The summed E-state index contributed by atoms with van der Waals surface area (Å²) < 4.78 is 0. The van der Waals surface area contributed by atoms with Crippen molar-refractivity contribution in [3.05, 3.63) is 0 Å². The van der Waals surface area contributed by atoms with Crippen molar-refractivity contribution in [3.8, 4) is 0 Å². The Balaban J connectivity index is -0.0000000853. The minimum atomic E-state index is -0.468. The van der Waals surface area contributed by atoms with Crippen LogP contribution in [-0.4, -0.2) is 49.8 Å². The zero-order chi connectivity index (χ0) is 17.1. The Morgan fingerprint density at radius 3 is 0.500 bits per heavy atom. The quantitative estimate of drug-likeness (QED) is 0.246. The second-order valence-corrected chi connectivity index (χ2v) is 2.68. The molecule has 120 valence electrons. The molecular weight excluding hydrogens is 272 g/mol. The van der Waals surface area contributed by atoms with Gasteiger partial charge < -0.3 is 45.9 Å². The number of amides is 4. The van der Waals surface area contributed by atoms with E-state index in [1.807, 2.05) is 0 Å². The first-order valence-corrected chi connectivity index (χ1v) is 5.02. The lowest BCUT2D eigenvalue weighted by molar-refractivity contribution is -0.117. The molecule has 0 aromatic heterocycles. The van der Waals surface area contributed by atoms with Gasteiger partial charge in [-0.3, -0.25) is 19.2 Å². The summed E-state index contributed by atoms with van der Waals surface area (Å²) in [7, 11) is 0. The molecule has 0 atom stereocenters. The van der Waals surface area contributed by atoms with E-state index in [4.69, 9.17) is 22.9 Å². The van der Waals surface area contributed by atoms with Crippen LogP contribution in [0.3, 0.4) is 0 Å². The van der Waals surface area contributed by atoms with E-state index in [0.717, 1.165) is 0 Å². The molecule has 16 N–H and O–H groups in total. The molecule has 0 rings (SSSR count). The zero-order valence-electron chi connectivity index (χ0n) is 11.1. The van der Waals surface area contributed by atoms with Gasteiger partial charge in [0.1, 0.15) is 0 Å². The van der Waals surface area contributed by atoms with Crippen molar-refractivity contribution in [1.29, 1.82) is 0 Å². The smallest absolute Gasteiger partial charge is 0.231 e. The third-order valence-corrected chi connectivity index (χ3v) is 0.805. The van der Waals surface area contributed by atoms with Gasteiger partial charge in [0.25, 0.3) is 0 Å². The van der Waals surface area contributed by atoms with E-state index in [0.29, 0.717) is 0 Å². The monoisotopic (exact) mass is 296 g/mol. The average Bonchev–Trinajstić information content (AvgIpc) is 2.40. The molecule has 0 aliphatic rings. The van der Waals surface area contributed by atoms with Gasteiger partial charge in [-0.25, -0.2) is 0 Å². The first kappa shape index (κ1) is 26.3. The van der Waals surface area contributed by atoms with Gasteiger partial charge in [0.2, 0.25) is 23.6 Å². The number of carbonyl (C=O) groups excluding carboxylic acids is 4. The third-order valence-electron chi connectivity index (χ3n) is 0.805. The Morgan fingerprint density at radius 2 is 0.500 bits per heavy atom. The molecule has 0 unspecified atom stereocenters. The molecule has 0 aromatic rings. The molecule has 4 amide bonds. The number of hydrogen-bond donors (Lipinski definition) is 8. The Hall–Kier alpha value is -2.28. The summed E-state index contributed by atoms with van der Waals surface area (Å²) in [5.74, 6) is -1.87. The number of rotatable bonds is 4. The highest BCUT2D eigenvalue weighted by Gasteiger charge is 1.78. The molecular formula is C8H24N8O4. The van der Waals surface area contributed by atoms with E-state index in [2.05, 4.69) is 22.9 Å². The summed E-state index contributed by atoms with van der Waals surface area (Å²) in [6.07, 6.45) is 0. The largest absolute Gasteiger partial charge is 0.369 e. The molecule has 0 saturated heterocycles. The van der Waals surface area contributed by atoms with Crippen LogP contribution < -0.4 is 45.9 Å². The molecule has 0 fully saturated rings. The van der Waals surface area contributed by atoms with Gasteiger partial charge in [-0.05, 0) is 0 Å². The second kappa shape index (κ2) is 21.9. The molecule has 0 heterocycles. The molecule has 0 bridgehead atoms. The molecule has 12 heteroatoms. The highest BCUT2D eigenvalue weighted by Crippen LogP contribution is 1.37. The highest BCUT2D eigenvalue weighted by atomic mass is 16.2. The fraction of sp³-hybridized carbons (Fsp3) is 0.500. The van der Waals surface area contributed by atoms with E-state index in [1.54, 1.807) is 0 Å². The van der Waals surface area contributed by atoms with Gasteiger partial charge in [-0.2, -0.15) is 0 Å². The predicted molar refractivity (Wildman–Crippen MR) is 73.0 cm³/mol. The molecule has 0 aliphatic heterocycles. The summed E-state index contributed by atoms with van der Waals surface area (Å²) in [4.78, 5) is 37.9. The van der Waals surface area contributed by atoms with Crippen LogP contribution in [0, 0.1) is 0 Å². The van der Waals surface area contributed by atoms with Gasteiger partial charge in [0, 0.05) is 0 Å². The van der Waals surface area contributed by atoms with Crippen LogP contribution in [0.4, 0.5) is 0 Å². The molecule has 0 aromatic carbocycles. The summed E-state index contributed by atoms with van der Waals surface area (Å²) in [6.45, 7) is -0.222. The van der Waals surface area contributed by atoms with Crippen LogP contribution in [0.1, 0.15) is 0 Å². The Kier molecular flexibility index (Phi) is 28.9. The van der Waals surface area contributed by atoms with Crippen LogP contribution in [-0.2, 0) is 19.2 Å². The molecule has 0 aliphatic carbocycles. The van der Waals surface area contributed by atoms with E-state index >= 15 is 0 Å². The van der Waals surface area contributed by atoms with Crippen LogP contribution in [0.15, 0.2) is 0 Å². The normalized spacial score (nSPS) is 7.40. The lowest BCUT2D eigenvalue weighted by Crippen LogP contribution is -2.21. The van der Waals surface area contributed by atoms with Crippen molar-refractivity contribution in [2.24, 2.45) is 45.9 Å². The topological polar surface area (TPSA) is 276 Å². The molecule has 0 radical (unpaired) electrons. The van der Waals surface area contributed by atoms with Crippen LogP contribution in [0.2, 0.25) is 0 Å². The van der Waals surface area contributed by atoms with E-state index in [1.165, 1.54) is 0 Å².